The summed E-state index contributed by atoms with van der Waals surface area (Å²) in [5.74, 6) is 4.40. The molecule has 208 valence electrons. The molecule has 5 heteroatoms. The second-order valence-electron chi connectivity index (χ2n) is 13.1. The Balaban J connectivity index is 1.22. The fourth-order valence-electron chi connectivity index (χ4n) is 9.06. The molecule has 0 saturated heterocycles. The fourth-order valence-corrected chi connectivity index (χ4v) is 9.06. The van der Waals surface area contributed by atoms with Crippen molar-refractivity contribution in [3.05, 3.63) is 108 Å². The van der Waals surface area contributed by atoms with E-state index >= 15 is 0 Å². The van der Waals surface area contributed by atoms with Crippen LogP contribution in [-0.2, 0) is 5.41 Å². The maximum atomic E-state index is 9.92. The summed E-state index contributed by atoms with van der Waals surface area (Å²) in [6.07, 6.45) is 8.37. The molecule has 6 aromatic rings. The van der Waals surface area contributed by atoms with E-state index in [1.54, 1.807) is 0 Å². The molecule has 0 atom stereocenters. The molecule has 0 amide bonds. The summed E-state index contributed by atoms with van der Waals surface area (Å²) in [4.78, 5) is 15.1. The Hall–Kier alpha value is -4.82. The van der Waals surface area contributed by atoms with E-state index < -0.39 is 0 Å². The number of aromatic nitrogens is 4. The number of nitriles is 1. The van der Waals surface area contributed by atoms with Gasteiger partial charge in [-0.2, -0.15) is 15.2 Å². The monoisotopic (exact) mass is 557 g/mol. The summed E-state index contributed by atoms with van der Waals surface area (Å²) in [6.45, 7) is 0. The van der Waals surface area contributed by atoms with Crippen molar-refractivity contribution in [3.8, 4) is 34.8 Å². The third-order valence-corrected chi connectivity index (χ3v) is 10.5. The average molecular weight is 558 g/mol. The Kier molecular flexibility index (Phi) is 5.38. The van der Waals surface area contributed by atoms with E-state index in [4.69, 9.17) is 15.0 Å². The summed E-state index contributed by atoms with van der Waals surface area (Å²) in [6, 6.07) is 35.7. The van der Waals surface area contributed by atoms with Crippen LogP contribution in [0.15, 0.2) is 97.1 Å². The van der Waals surface area contributed by atoms with E-state index in [9.17, 15) is 5.26 Å². The number of nitrogens with zero attached hydrogens (tertiary/aromatic N) is 5. The second kappa shape index (κ2) is 9.34. The molecule has 0 radical (unpaired) electrons. The van der Waals surface area contributed by atoms with E-state index in [-0.39, 0.29) is 0 Å². The van der Waals surface area contributed by atoms with E-state index in [2.05, 4.69) is 83.4 Å². The maximum Gasteiger partial charge on any atom is 0.238 e. The molecule has 2 aromatic heterocycles. The Morgan fingerprint density at radius 2 is 1.19 bits per heavy atom. The van der Waals surface area contributed by atoms with Gasteiger partial charge in [0.25, 0.3) is 0 Å². The van der Waals surface area contributed by atoms with Crippen molar-refractivity contribution in [2.75, 3.05) is 0 Å². The lowest BCUT2D eigenvalue weighted by molar-refractivity contribution is -0.00518. The standard InChI is InChI=1S/C38H31N5/c39-23-28-7-1-2-8-30(28)36-40-35(27-13-15-29(16-14-27)38-20-24-17-25(21-38)19-26(18-24)22-38)41-37(42-36)43-33-11-5-3-9-31(33)32-10-4-6-12-34(32)43/h1-16,24-26H,17-22H2. The number of hydrogen-bond donors (Lipinski definition) is 0. The molecule has 4 fully saturated rings. The van der Waals surface area contributed by atoms with Crippen molar-refractivity contribution >= 4 is 21.8 Å². The van der Waals surface area contributed by atoms with Crippen LogP contribution in [0.1, 0.15) is 49.7 Å². The van der Waals surface area contributed by atoms with Crippen LogP contribution >= 0.6 is 0 Å². The Bertz CT molecular complexity index is 1990. The molecule has 0 aliphatic heterocycles. The topological polar surface area (TPSA) is 67.4 Å². The minimum atomic E-state index is 0.345. The van der Waals surface area contributed by atoms with Gasteiger partial charge in [-0.15, -0.1) is 0 Å². The van der Waals surface area contributed by atoms with Gasteiger partial charge in [0, 0.05) is 21.9 Å². The summed E-state index contributed by atoms with van der Waals surface area (Å²) in [5, 5.41) is 12.2. The van der Waals surface area contributed by atoms with Gasteiger partial charge in [0.1, 0.15) is 0 Å². The van der Waals surface area contributed by atoms with Gasteiger partial charge in [-0.05, 0) is 91.5 Å². The van der Waals surface area contributed by atoms with E-state index in [1.807, 2.05) is 24.3 Å². The molecule has 4 aliphatic rings. The molecule has 4 saturated carbocycles. The zero-order chi connectivity index (χ0) is 28.5. The SMILES string of the molecule is N#Cc1ccccc1-c1nc(-c2ccc(C34CC5CC(CC(C5)C3)C4)cc2)nc(-n2c3ccccc3c3ccccc32)n1. The zero-order valence-electron chi connectivity index (χ0n) is 23.9. The largest absolute Gasteiger partial charge is 0.278 e. The van der Waals surface area contributed by atoms with Gasteiger partial charge in [-0.3, -0.25) is 4.57 Å². The average Bonchev–Trinajstić information content (AvgIpc) is 3.38. The lowest BCUT2D eigenvalue weighted by atomic mass is 9.48. The quantitative estimate of drug-likeness (QED) is 0.218. The third-order valence-electron chi connectivity index (χ3n) is 10.5. The molecule has 4 bridgehead atoms. The van der Waals surface area contributed by atoms with Crippen molar-refractivity contribution in [2.24, 2.45) is 17.8 Å². The molecular formula is C38H31N5. The minimum absolute atomic E-state index is 0.345. The highest BCUT2D eigenvalue weighted by atomic mass is 15.2. The van der Waals surface area contributed by atoms with Crippen LogP contribution in [0.2, 0.25) is 0 Å². The number of benzene rings is 4. The first-order chi connectivity index (χ1) is 21.2. The molecule has 0 N–H and O–H groups in total. The van der Waals surface area contributed by atoms with E-state index in [0.29, 0.717) is 34.1 Å². The van der Waals surface area contributed by atoms with Crippen LogP contribution in [0.25, 0.3) is 50.5 Å². The predicted octanol–water partition coefficient (Wildman–Crippen LogP) is 8.64. The second-order valence-corrected chi connectivity index (χ2v) is 13.1. The van der Waals surface area contributed by atoms with Crippen LogP contribution in [0.4, 0.5) is 0 Å². The third kappa shape index (κ3) is 3.86. The van der Waals surface area contributed by atoms with E-state index in [1.165, 1.54) is 44.1 Å². The van der Waals surface area contributed by atoms with E-state index in [0.717, 1.165) is 45.1 Å². The molecule has 4 aromatic carbocycles. The summed E-state index contributed by atoms with van der Waals surface area (Å²) >= 11 is 0. The predicted molar refractivity (Wildman–Crippen MR) is 170 cm³/mol. The fraction of sp³-hybridized carbons (Fsp3) is 0.263. The maximum absolute atomic E-state index is 9.92. The van der Waals surface area contributed by atoms with Gasteiger partial charge in [-0.25, -0.2) is 4.98 Å². The molecule has 0 unspecified atom stereocenters. The zero-order valence-corrected chi connectivity index (χ0v) is 23.9. The Morgan fingerprint density at radius 1 is 0.628 bits per heavy atom. The van der Waals surface area contributed by atoms with Crippen molar-refractivity contribution in [3.63, 3.8) is 0 Å². The smallest absolute Gasteiger partial charge is 0.238 e. The highest BCUT2D eigenvalue weighted by molar-refractivity contribution is 6.08. The van der Waals surface area contributed by atoms with Gasteiger partial charge in [0.05, 0.1) is 22.7 Å². The first kappa shape index (κ1) is 24.7. The summed E-state index contributed by atoms with van der Waals surface area (Å²) in [7, 11) is 0. The molecule has 0 spiro atoms. The van der Waals surface area contributed by atoms with Crippen LogP contribution in [0.5, 0.6) is 0 Å². The van der Waals surface area contributed by atoms with Gasteiger partial charge in [0.15, 0.2) is 11.6 Å². The van der Waals surface area contributed by atoms with Gasteiger partial charge in [0.2, 0.25) is 5.95 Å². The van der Waals surface area contributed by atoms with Crippen molar-refractivity contribution in [1.82, 2.24) is 19.5 Å². The number of fused-ring (bicyclic) bond motifs is 3. The number of rotatable bonds is 4. The van der Waals surface area contributed by atoms with Crippen LogP contribution in [-0.4, -0.2) is 19.5 Å². The summed E-state index contributed by atoms with van der Waals surface area (Å²) < 4.78 is 2.12. The lowest BCUT2D eigenvalue weighted by Crippen LogP contribution is -2.48. The van der Waals surface area contributed by atoms with Crippen molar-refractivity contribution in [1.29, 1.82) is 5.26 Å². The Labute approximate surface area is 250 Å². The van der Waals surface area contributed by atoms with Gasteiger partial charge in [-0.1, -0.05) is 72.8 Å². The highest BCUT2D eigenvalue weighted by Gasteiger charge is 2.51. The van der Waals surface area contributed by atoms with Crippen molar-refractivity contribution in [2.45, 2.75) is 43.9 Å². The van der Waals surface area contributed by atoms with Crippen LogP contribution in [0, 0.1) is 29.1 Å². The molecule has 5 nitrogen and oxygen atoms in total. The van der Waals surface area contributed by atoms with Gasteiger partial charge >= 0.3 is 0 Å². The Morgan fingerprint density at radius 3 is 1.81 bits per heavy atom. The molecule has 4 aliphatic carbocycles. The number of para-hydroxylation sites is 2. The minimum Gasteiger partial charge on any atom is -0.278 e. The molecule has 10 rings (SSSR count). The normalized spacial score (nSPS) is 24.0. The van der Waals surface area contributed by atoms with Crippen molar-refractivity contribution < 1.29 is 0 Å². The van der Waals surface area contributed by atoms with Gasteiger partial charge < -0.3 is 0 Å². The lowest BCUT2D eigenvalue weighted by Gasteiger charge is -2.57. The molecule has 43 heavy (non-hydrogen) atoms. The highest BCUT2D eigenvalue weighted by Crippen LogP contribution is 2.60. The first-order valence-corrected chi connectivity index (χ1v) is 15.5. The molecular weight excluding hydrogens is 526 g/mol. The molecule has 2 heterocycles. The first-order valence-electron chi connectivity index (χ1n) is 15.5. The number of hydrogen-bond acceptors (Lipinski definition) is 4. The van der Waals surface area contributed by atoms with Crippen LogP contribution < -0.4 is 0 Å². The van der Waals surface area contributed by atoms with Crippen LogP contribution in [0.3, 0.4) is 0 Å². The summed E-state index contributed by atoms with van der Waals surface area (Å²) in [5.41, 5.74) is 6.13.